The van der Waals surface area contributed by atoms with Gasteiger partial charge in [0.25, 0.3) is 5.91 Å². The molecule has 1 heterocycles. The Labute approximate surface area is 136 Å². The molecule has 0 atom stereocenters. The lowest BCUT2D eigenvalue weighted by Crippen LogP contribution is -2.13. The second-order valence-corrected chi connectivity index (χ2v) is 6.08. The maximum absolute atomic E-state index is 11.4. The van der Waals surface area contributed by atoms with E-state index < -0.39 is 5.91 Å². The minimum atomic E-state index is -0.559. The summed E-state index contributed by atoms with van der Waals surface area (Å²) in [5.41, 5.74) is 14.3. The summed E-state index contributed by atoms with van der Waals surface area (Å²) < 4.78 is 0.934. The second kappa shape index (κ2) is 5.69. The van der Waals surface area contributed by atoms with Gasteiger partial charge in [-0.3, -0.25) is 9.59 Å². The highest BCUT2D eigenvalue weighted by Crippen LogP contribution is 2.31. The molecule has 7 heteroatoms. The summed E-state index contributed by atoms with van der Waals surface area (Å²) in [5, 5.41) is 3.23. The first kappa shape index (κ1) is 15.0. The van der Waals surface area contributed by atoms with E-state index in [1.807, 2.05) is 24.3 Å². The Morgan fingerprint density at radius 1 is 1.13 bits per heavy atom. The highest BCUT2D eigenvalue weighted by molar-refractivity contribution is 7.22. The molecule has 0 fully saturated rings. The number of benzene rings is 2. The van der Waals surface area contributed by atoms with Crippen molar-refractivity contribution in [3.05, 3.63) is 42.0 Å². The van der Waals surface area contributed by atoms with Crippen molar-refractivity contribution in [3.63, 3.8) is 0 Å². The van der Waals surface area contributed by atoms with Crippen molar-refractivity contribution < 1.29 is 9.59 Å². The van der Waals surface area contributed by atoms with Gasteiger partial charge in [-0.25, -0.2) is 4.98 Å². The van der Waals surface area contributed by atoms with Crippen LogP contribution < -0.4 is 16.8 Å². The van der Waals surface area contributed by atoms with Gasteiger partial charge in [0.05, 0.1) is 15.8 Å². The largest absolute Gasteiger partial charge is 0.398 e. The van der Waals surface area contributed by atoms with Crippen LogP contribution in [0.1, 0.15) is 17.3 Å². The number of nitrogens with two attached hydrogens (primary N) is 2. The van der Waals surface area contributed by atoms with Crippen molar-refractivity contribution in [2.45, 2.75) is 6.92 Å². The van der Waals surface area contributed by atoms with Crippen LogP contribution in [0.4, 0.5) is 10.8 Å². The van der Waals surface area contributed by atoms with Gasteiger partial charge in [-0.1, -0.05) is 23.5 Å². The van der Waals surface area contributed by atoms with Gasteiger partial charge in [-0.15, -0.1) is 0 Å². The monoisotopic (exact) mass is 326 g/mol. The number of fused-ring (bicyclic) bond motifs is 1. The summed E-state index contributed by atoms with van der Waals surface area (Å²) in [6, 6.07) is 10.9. The molecule has 23 heavy (non-hydrogen) atoms. The first-order valence-corrected chi connectivity index (χ1v) is 7.63. The molecule has 0 bridgehead atoms. The summed E-state index contributed by atoms with van der Waals surface area (Å²) in [5.74, 6) is -0.718. The summed E-state index contributed by atoms with van der Waals surface area (Å²) in [6.07, 6.45) is 0. The zero-order valence-electron chi connectivity index (χ0n) is 12.3. The molecule has 2 aromatic carbocycles. The van der Waals surface area contributed by atoms with Gasteiger partial charge in [0.1, 0.15) is 0 Å². The van der Waals surface area contributed by atoms with Gasteiger partial charge in [-0.2, -0.15) is 0 Å². The van der Waals surface area contributed by atoms with Crippen LogP contribution in [0.5, 0.6) is 0 Å². The number of hydrogen-bond acceptors (Lipinski definition) is 5. The normalized spacial score (nSPS) is 10.7. The van der Waals surface area contributed by atoms with Crippen molar-refractivity contribution in [2.75, 3.05) is 11.1 Å². The Morgan fingerprint density at radius 3 is 2.52 bits per heavy atom. The van der Waals surface area contributed by atoms with E-state index in [9.17, 15) is 9.59 Å². The molecule has 0 aliphatic carbocycles. The second-order valence-electron chi connectivity index (χ2n) is 5.05. The molecule has 0 aliphatic rings. The lowest BCUT2D eigenvalue weighted by molar-refractivity contribution is -0.114. The van der Waals surface area contributed by atoms with Crippen LogP contribution in [0.25, 0.3) is 21.3 Å². The molecule has 1 aromatic heterocycles. The molecule has 0 aliphatic heterocycles. The predicted molar refractivity (Wildman–Crippen MR) is 92.3 cm³/mol. The highest BCUT2D eigenvalue weighted by Gasteiger charge is 2.10. The first-order valence-electron chi connectivity index (χ1n) is 6.82. The molecule has 0 saturated heterocycles. The quantitative estimate of drug-likeness (QED) is 0.642. The molecule has 0 saturated carbocycles. The average Bonchev–Trinajstić information content (AvgIpc) is 2.87. The number of thiazole rings is 1. The highest BCUT2D eigenvalue weighted by atomic mass is 32.1. The van der Waals surface area contributed by atoms with E-state index in [-0.39, 0.29) is 5.91 Å². The number of anilines is 2. The van der Waals surface area contributed by atoms with Crippen LogP contribution in [-0.4, -0.2) is 16.8 Å². The lowest BCUT2D eigenvalue weighted by atomic mass is 10.0. The van der Waals surface area contributed by atoms with Gasteiger partial charge in [-0.05, 0) is 35.4 Å². The number of hydrogen-bond donors (Lipinski definition) is 3. The maximum Gasteiger partial charge on any atom is 0.250 e. The van der Waals surface area contributed by atoms with Gasteiger partial charge in [0, 0.05) is 12.6 Å². The molecule has 0 spiro atoms. The lowest BCUT2D eigenvalue weighted by Gasteiger charge is -2.06. The number of carbonyl (C=O) groups excluding carboxylic acids is 2. The third-order valence-electron chi connectivity index (χ3n) is 3.32. The van der Waals surface area contributed by atoms with Crippen LogP contribution in [-0.2, 0) is 4.79 Å². The molecular weight excluding hydrogens is 312 g/mol. The fourth-order valence-electron chi connectivity index (χ4n) is 2.26. The van der Waals surface area contributed by atoms with E-state index in [2.05, 4.69) is 10.3 Å². The molecule has 3 rings (SSSR count). The number of aromatic nitrogens is 1. The zero-order valence-corrected chi connectivity index (χ0v) is 13.1. The van der Waals surface area contributed by atoms with E-state index in [0.717, 1.165) is 21.3 Å². The topological polar surface area (TPSA) is 111 Å². The first-order chi connectivity index (χ1) is 10.9. The van der Waals surface area contributed by atoms with Crippen molar-refractivity contribution in [1.29, 1.82) is 0 Å². The number of nitrogens with one attached hydrogen (secondary N) is 1. The van der Waals surface area contributed by atoms with Crippen LogP contribution in [0.2, 0.25) is 0 Å². The third-order valence-corrected chi connectivity index (χ3v) is 4.26. The number of primary amides is 1. The van der Waals surface area contributed by atoms with E-state index >= 15 is 0 Å². The molecule has 0 unspecified atom stereocenters. The maximum atomic E-state index is 11.4. The number of nitrogen functional groups attached to an aromatic ring is 1. The zero-order chi connectivity index (χ0) is 16.6. The molecule has 2 amide bonds. The van der Waals surface area contributed by atoms with Gasteiger partial charge < -0.3 is 16.8 Å². The SMILES string of the molecule is CC(=O)Nc1nc2ccc(-c3ccc(N)c(C(N)=O)c3)cc2s1. The van der Waals surface area contributed by atoms with Crippen LogP contribution in [0.15, 0.2) is 36.4 Å². The summed E-state index contributed by atoms with van der Waals surface area (Å²) in [6.45, 7) is 1.44. The van der Waals surface area contributed by atoms with Gasteiger partial charge in [0.15, 0.2) is 5.13 Å². The minimum Gasteiger partial charge on any atom is -0.398 e. The Morgan fingerprint density at radius 2 is 1.83 bits per heavy atom. The van der Waals surface area contributed by atoms with Crippen LogP contribution >= 0.6 is 11.3 Å². The smallest absolute Gasteiger partial charge is 0.250 e. The summed E-state index contributed by atoms with van der Waals surface area (Å²) in [7, 11) is 0. The number of carbonyl (C=O) groups is 2. The Balaban J connectivity index is 2.05. The van der Waals surface area contributed by atoms with Crippen LogP contribution in [0.3, 0.4) is 0 Å². The van der Waals surface area contributed by atoms with Crippen molar-refractivity contribution in [3.8, 4) is 11.1 Å². The Bertz CT molecular complexity index is 933. The molecule has 0 radical (unpaired) electrons. The van der Waals surface area contributed by atoms with Gasteiger partial charge >= 0.3 is 0 Å². The van der Waals surface area contributed by atoms with Crippen molar-refractivity contribution in [2.24, 2.45) is 5.73 Å². The fraction of sp³-hybridized carbons (Fsp3) is 0.0625. The molecule has 5 N–H and O–H groups in total. The van der Waals surface area contributed by atoms with E-state index in [1.165, 1.54) is 18.3 Å². The molecule has 6 nitrogen and oxygen atoms in total. The fourth-order valence-corrected chi connectivity index (χ4v) is 3.21. The number of amides is 2. The van der Waals surface area contributed by atoms with Crippen molar-refractivity contribution in [1.82, 2.24) is 4.98 Å². The Kier molecular flexibility index (Phi) is 3.71. The summed E-state index contributed by atoms with van der Waals surface area (Å²) >= 11 is 1.39. The number of rotatable bonds is 3. The minimum absolute atomic E-state index is 0.158. The van der Waals surface area contributed by atoms with E-state index in [1.54, 1.807) is 12.1 Å². The molecule has 116 valence electrons. The summed E-state index contributed by atoms with van der Waals surface area (Å²) in [4.78, 5) is 26.9. The third kappa shape index (κ3) is 3.00. The van der Waals surface area contributed by atoms with E-state index in [4.69, 9.17) is 11.5 Å². The van der Waals surface area contributed by atoms with Gasteiger partial charge in [0.2, 0.25) is 5.91 Å². The number of nitrogens with zero attached hydrogens (tertiary/aromatic N) is 1. The average molecular weight is 326 g/mol. The molecule has 3 aromatic rings. The Hall–Kier alpha value is -2.93. The van der Waals surface area contributed by atoms with Crippen LogP contribution in [0, 0.1) is 0 Å². The van der Waals surface area contributed by atoms with E-state index in [0.29, 0.717) is 16.4 Å². The van der Waals surface area contributed by atoms with Crippen molar-refractivity contribution >= 4 is 44.2 Å². The predicted octanol–water partition coefficient (Wildman–Crippen LogP) is 2.60. The standard InChI is InChI=1S/C16H14N4O2S/c1-8(21)19-16-20-13-5-3-10(7-14(13)23-16)9-2-4-12(17)11(6-9)15(18)22/h2-7H,17H2,1H3,(H2,18,22)(H,19,20,21). The molecular formula is C16H14N4O2S.